The Bertz CT molecular complexity index is 1050. The number of nitrogens with zero attached hydrogens (tertiary/aromatic N) is 3. The Balaban J connectivity index is 0.00000106. The van der Waals surface area contributed by atoms with Gasteiger partial charge in [-0.1, -0.05) is 26.0 Å². The van der Waals surface area contributed by atoms with E-state index in [-0.39, 0.29) is 12.2 Å². The third kappa shape index (κ3) is 3.46. The van der Waals surface area contributed by atoms with E-state index in [4.69, 9.17) is 10.7 Å². The Kier molecular flexibility index (Phi) is 5.75. The number of halogens is 1. The Morgan fingerprint density at radius 3 is 2.57 bits per heavy atom. The number of hydrogen-bond donors (Lipinski definition) is 3. The summed E-state index contributed by atoms with van der Waals surface area (Å²) < 4.78 is 15.9. The molecule has 7 heteroatoms. The standard InChI is InChI=1S/C21H24FN5O.C2H6/c1-11-19(14-6-15-4-5-16(7-14)25-15)26-21-17(9-24-27(21)20(11)23)12-2-3-13(10-28)18(22)8-12;1-2/h2-3,8-9,14-16,25,28H,4-7,10,23H2,1H3;1-2H3/t14?,15-,16?;/m0./s1. The Morgan fingerprint density at radius 2 is 1.93 bits per heavy atom. The van der Waals surface area contributed by atoms with Crippen molar-refractivity contribution in [3.63, 3.8) is 0 Å². The number of fused-ring (bicyclic) bond motifs is 3. The fourth-order valence-corrected chi connectivity index (χ4v) is 4.84. The van der Waals surface area contributed by atoms with E-state index in [1.54, 1.807) is 22.8 Å². The van der Waals surface area contributed by atoms with Gasteiger partial charge in [-0.15, -0.1) is 0 Å². The highest BCUT2D eigenvalue weighted by Gasteiger charge is 2.36. The molecule has 2 bridgehead atoms. The molecule has 6 nitrogen and oxygen atoms in total. The number of benzene rings is 1. The zero-order chi connectivity index (χ0) is 21.4. The second kappa shape index (κ2) is 8.32. The second-order valence-corrected chi connectivity index (χ2v) is 8.07. The number of rotatable bonds is 3. The van der Waals surface area contributed by atoms with Crippen LogP contribution in [0.5, 0.6) is 0 Å². The molecule has 30 heavy (non-hydrogen) atoms. The van der Waals surface area contributed by atoms with Crippen molar-refractivity contribution in [3.05, 3.63) is 47.0 Å². The minimum absolute atomic E-state index is 0.273. The van der Waals surface area contributed by atoms with Gasteiger partial charge in [-0.2, -0.15) is 9.61 Å². The zero-order valence-electron chi connectivity index (χ0n) is 17.8. The summed E-state index contributed by atoms with van der Waals surface area (Å²) in [6.07, 6.45) is 6.28. The van der Waals surface area contributed by atoms with Crippen LogP contribution in [0.3, 0.4) is 0 Å². The van der Waals surface area contributed by atoms with Gasteiger partial charge in [0.05, 0.1) is 18.5 Å². The summed E-state index contributed by atoms with van der Waals surface area (Å²) in [5.41, 5.74) is 10.8. The lowest BCUT2D eigenvalue weighted by molar-refractivity contribution is 0.276. The molecule has 3 aromatic rings. The molecule has 160 valence electrons. The van der Waals surface area contributed by atoms with Crippen molar-refractivity contribution >= 4 is 11.5 Å². The van der Waals surface area contributed by atoms with E-state index in [2.05, 4.69) is 10.4 Å². The van der Waals surface area contributed by atoms with E-state index in [9.17, 15) is 9.50 Å². The molecule has 0 saturated carbocycles. The van der Waals surface area contributed by atoms with E-state index in [0.717, 1.165) is 29.7 Å². The summed E-state index contributed by atoms with van der Waals surface area (Å²) in [6.45, 7) is 5.69. The highest BCUT2D eigenvalue weighted by atomic mass is 19.1. The summed E-state index contributed by atoms with van der Waals surface area (Å²) in [5, 5.41) is 17.3. The number of nitrogen functional groups attached to an aromatic ring is 1. The molecule has 2 saturated heterocycles. The molecule has 5 rings (SSSR count). The average molecular weight is 412 g/mol. The molecule has 2 aliphatic rings. The van der Waals surface area contributed by atoms with Gasteiger partial charge >= 0.3 is 0 Å². The monoisotopic (exact) mass is 411 g/mol. The quantitative estimate of drug-likeness (QED) is 0.607. The van der Waals surface area contributed by atoms with E-state index >= 15 is 0 Å². The molecule has 2 aliphatic heterocycles. The summed E-state index contributed by atoms with van der Waals surface area (Å²) in [5.74, 6) is 0.529. The van der Waals surface area contributed by atoms with Gasteiger partial charge in [0, 0.05) is 34.7 Å². The highest BCUT2D eigenvalue weighted by molar-refractivity contribution is 5.78. The number of nitrogens with one attached hydrogen (secondary N) is 1. The molecular formula is C23H30FN5O. The third-order valence-corrected chi connectivity index (χ3v) is 6.36. The Labute approximate surface area is 176 Å². The Morgan fingerprint density at radius 1 is 1.23 bits per heavy atom. The van der Waals surface area contributed by atoms with Gasteiger partial charge in [0.15, 0.2) is 5.65 Å². The maximum Gasteiger partial charge on any atom is 0.165 e. The van der Waals surface area contributed by atoms with Crippen LogP contribution in [0.15, 0.2) is 24.4 Å². The number of aliphatic hydroxyl groups excluding tert-OH is 1. The predicted octanol–water partition coefficient (Wildman–Crippen LogP) is 3.94. The lowest BCUT2D eigenvalue weighted by Crippen LogP contribution is -2.37. The number of anilines is 1. The SMILES string of the molecule is CC.Cc1c(C2CC3CC[C@@H](C2)N3)nc2c(-c3ccc(CO)c(F)c3)cnn2c1N. The van der Waals surface area contributed by atoms with Crippen molar-refractivity contribution in [2.75, 3.05) is 5.73 Å². The summed E-state index contributed by atoms with van der Waals surface area (Å²) in [6, 6.07) is 5.93. The largest absolute Gasteiger partial charge is 0.392 e. The van der Waals surface area contributed by atoms with Crippen molar-refractivity contribution in [1.82, 2.24) is 19.9 Å². The summed E-state index contributed by atoms with van der Waals surface area (Å²) in [4.78, 5) is 4.99. The fraction of sp³-hybridized carbons (Fsp3) is 0.478. The maximum atomic E-state index is 14.2. The minimum atomic E-state index is -0.436. The van der Waals surface area contributed by atoms with Crippen LogP contribution in [-0.2, 0) is 6.61 Å². The number of hydrogen-bond acceptors (Lipinski definition) is 5. The highest BCUT2D eigenvalue weighted by Crippen LogP contribution is 2.39. The van der Waals surface area contributed by atoms with Crippen LogP contribution >= 0.6 is 0 Å². The third-order valence-electron chi connectivity index (χ3n) is 6.36. The van der Waals surface area contributed by atoms with Crippen LogP contribution in [0.1, 0.15) is 62.3 Å². The summed E-state index contributed by atoms with van der Waals surface area (Å²) >= 11 is 0. The van der Waals surface area contributed by atoms with Crippen LogP contribution in [0, 0.1) is 12.7 Å². The fourth-order valence-electron chi connectivity index (χ4n) is 4.84. The van der Waals surface area contributed by atoms with Crippen molar-refractivity contribution in [2.24, 2.45) is 0 Å². The first-order valence-electron chi connectivity index (χ1n) is 10.8. The Hall–Kier alpha value is -2.51. The van der Waals surface area contributed by atoms with Gasteiger partial charge in [-0.3, -0.25) is 0 Å². The van der Waals surface area contributed by atoms with Crippen LogP contribution in [0.2, 0.25) is 0 Å². The van der Waals surface area contributed by atoms with Crippen molar-refractivity contribution in [3.8, 4) is 11.1 Å². The van der Waals surface area contributed by atoms with Gasteiger partial charge in [-0.05, 0) is 44.2 Å². The molecule has 0 spiro atoms. The first-order valence-corrected chi connectivity index (χ1v) is 10.8. The number of piperidine rings is 1. The lowest BCUT2D eigenvalue weighted by Gasteiger charge is -2.30. The van der Waals surface area contributed by atoms with Crippen molar-refractivity contribution in [1.29, 1.82) is 0 Å². The number of aliphatic hydroxyl groups is 1. The van der Waals surface area contributed by atoms with Crippen LogP contribution in [0.25, 0.3) is 16.8 Å². The molecule has 4 N–H and O–H groups in total. The molecular weight excluding hydrogens is 381 g/mol. The number of aromatic nitrogens is 3. The minimum Gasteiger partial charge on any atom is -0.392 e. The van der Waals surface area contributed by atoms with Gasteiger partial charge in [0.2, 0.25) is 0 Å². The smallest absolute Gasteiger partial charge is 0.165 e. The van der Waals surface area contributed by atoms with E-state index < -0.39 is 5.82 Å². The van der Waals surface area contributed by atoms with Gasteiger partial charge < -0.3 is 16.2 Å². The van der Waals surface area contributed by atoms with E-state index in [1.165, 1.54) is 18.9 Å². The predicted molar refractivity (Wildman–Crippen MR) is 117 cm³/mol. The molecule has 4 heterocycles. The molecule has 2 aromatic heterocycles. The second-order valence-electron chi connectivity index (χ2n) is 8.07. The van der Waals surface area contributed by atoms with Crippen LogP contribution in [-0.4, -0.2) is 31.8 Å². The van der Waals surface area contributed by atoms with Crippen LogP contribution < -0.4 is 11.1 Å². The van der Waals surface area contributed by atoms with Crippen LogP contribution in [0.4, 0.5) is 10.2 Å². The zero-order valence-corrected chi connectivity index (χ0v) is 17.8. The van der Waals surface area contributed by atoms with Gasteiger partial charge in [0.1, 0.15) is 11.6 Å². The lowest BCUT2D eigenvalue weighted by atomic mass is 9.87. The van der Waals surface area contributed by atoms with Crippen molar-refractivity contribution in [2.45, 2.75) is 71.1 Å². The molecule has 0 radical (unpaired) electrons. The first kappa shape index (κ1) is 20.8. The number of nitrogens with two attached hydrogens (primary N) is 1. The normalized spacial score (nSPS) is 22.8. The maximum absolute atomic E-state index is 14.2. The van der Waals surface area contributed by atoms with Gasteiger partial charge in [-0.25, -0.2) is 9.37 Å². The summed E-state index contributed by atoms with van der Waals surface area (Å²) in [7, 11) is 0. The molecule has 0 amide bonds. The molecule has 1 aromatic carbocycles. The molecule has 2 unspecified atom stereocenters. The molecule has 3 atom stereocenters. The van der Waals surface area contributed by atoms with Crippen molar-refractivity contribution < 1.29 is 9.50 Å². The van der Waals surface area contributed by atoms with E-state index in [0.29, 0.717) is 35.0 Å². The van der Waals surface area contributed by atoms with Gasteiger partial charge in [0.25, 0.3) is 0 Å². The average Bonchev–Trinajstić information content (AvgIpc) is 3.34. The topological polar surface area (TPSA) is 88.5 Å². The first-order chi connectivity index (χ1) is 14.5. The van der Waals surface area contributed by atoms with E-state index in [1.807, 2.05) is 20.8 Å². The molecule has 0 aliphatic carbocycles. The molecule has 2 fully saturated rings.